The summed E-state index contributed by atoms with van der Waals surface area (Å²) in [6.07, 6.45) is 6.40. The number of aromatic nitrogens is 4. The topological polar surface area (TPSA) is 208 Å². The number of aromatic amines is 2. The minimum absolute atomic E-state index is 0.137. The normalized spacial score (nSPS) is 18.4. The number of benzene rings is 2. The molecule has 6 heterocycles. The molecule has 0 spiro atoms. The average Bonchev–Trinajstić information content (AvgIpc) is 4.04. The van der Waals surface area contributed by atoms with Crippen LogP contribution in [0, 0.1) is 11.8 Å². The van der Waals surface area contributed by atoms with Crippen molar-refractivity contribution in [2.45, 2.75) is 77.5 Å². The Balaban J connectivity index is 1.02. The Kier molecular flexibility index (Phi) is 9.87. The van der Waals surface area contributed by atoms with Crippen molar-refractivity contribution < 1.29 is 38.2 Å². The number of alkyl carbamates (subject to hydrolysis) is 1. The molecule has 2 aromatic carbocycles. The Morgan fingerprint density at radius 1 is 0.807 bits per heavy atom. The first-order chi connectivity index (χ1) is 27.4. The van der Waals surface area contributed by atoms with Crippen molar-refractivity contribution in [3.63, 3.8) is 0 Å². The number of hydrogen-bond acceptors (Lipinski definition) is 9. The predicted octanol–water partition coefficient (Wildman–Crippen LogP) is 6.99. The Morgan fingerprint density at radius 2 is 1.40 bits per heavy atom. The molecule has 0 bridgehead atoms. The third-order valence-electron chi connectivity index (χ3n) is 11.3. The van der Waals surface area contributed by atoms with Crippen molar-refractivity contribution in [2.24, 2.45) is 11.8 Å². The number of ether oxygens (including phenoxy) is 2. The second kappa shape index (κ2) is 15.0. The fourth-order valence-corrected chi connectivity index (χ4v) is 8.36. The van der Waals surface area contributed by atoms with Crippen LogP contribution in [0.3, 0.4) is 0 Å². The standard InChI is InChI=1S/C41H46N8O8/c1-20(2)33(46-40(52)53)38(50)48-14-6-8-28(48)36-42-17-26(44-36)22-10-11-23-25-19-56-35-24(12-13-30(32(25)35)57-31(23)16-22)27-18-43-37(45-27)29-9-7-15-49(29)39(51)34(21(3)4)47-41(54)55-5/h10-13,16-21,28-29,33-34,46H,6-9,14-15H2,1-5H3,(H,42,44)(H,43,45)(H,47,54)(H,52,53)/t28-,29-,33-,34-/m0/s1. The van der Waals surface area contributed by atoms with E-state index in [1.807, 2.05) is 58.0 Å². The molecule has 298 valence electrons. The van der Waals surface area contributed by atoms with Gasteiger partial charge in [0, 0.05) is 35.3 Å². The molecule has 57 heavy (non-hydrogen) atoms. The highest BCUT2D eigenvalue weighted by molar-refractivity contribution is 6.07. The maximum Gasteiger partial charge on any atom is 0.407 e. The van der Waals surface area contributed by atoms with E-state index in [1.54, 1.807) is 28.5 Å². The van der Waals surface area contributed by atoms with Crippen molar-refractivity contribution in [3.8, 4) is 45.1 Å². The molecule has 3 aromatic heterocycles. The number of fused-ring (bicyclic) bond motifs is 2. The van der Waals surface area contributed by atoms with Crippen LogP contribution in [0.15, 0.2) is 53.4 Å². The zero-order chi connectivity index (χ0) is 40.1. The fraction of sp³-hybridized carbons (Fsp3) is 0.415. The molecule has 4 amide bonds. The summed E-state index contributed by atoms with van der Waals surface area (Å²) in [5, 5.41) is 15.2. The number of H-pyrrole nitrogens is 2. The van der Waals surface area contributed by atoms with Crippen molar-refractivity contribution in [3.05, 3.63) is 60.6 Å². The minimum atomic E-state index is -1.23. The van der Waals surface area contributed by atoms with Crippen molar-refractivity contribution in [1.82, 2.24) is 40.4 Å². The maximum atomic E-state index is 13.7. The SMILES string of the molecule is COC(=O)N[C@H](C(=O)N1CCC[C@H]1c1ncc(-c2ccc3c4c(coc24)-c2ccc(-c4cnc([C@@H]5CCCN5C(=O)[C@@H](NC(=O)O)C(C)C)[nH]4)cc2O3)[nH]1)C(C)C. The monoisotopic (exact) mass is 778 g/mol. The highest BCUT2D eigenvalue weighted by atomic mass is 16.5. The van der Waals surface area contributed by atoms with Crippen molar-refractivity contribution in [2.75, 3.05) is 20.2 Å². The first kappa shape index (κ1) is 37.6. The summed E-state index contributed by atoms with van der Waals surface area (Å²) in [4.78, 5) is 70.3. The molecular weight excluding hydrogens is 732 g/mol. The molecule has 0 saturated carbocycles. The summed E-state index contributed by atoms with van der Waals surface area (Å²) < 4.78 is 17.5. The van der Waals surface area contributed by atoms with Crippen LogP contribution in [0.4, 0.5) is 9.59 Å². The minimum Gasteiger partial charge on any atom is -0.465 e. The molecule has 0 radical (unpaired) electrons. The summed E-state index contributed by atoms with van der Waals surface area (Å²) >= 11 is 0. The first-order valence-electron chi connectivity index (χ1n) is 19.3. The van der Waals surface area contributed by atoms with Gasteiger partial charge in [-0.25, -0.2) is 19.6 Å². The van der Waals surface area contributed by atoms with Crippen LogP contribution in [0.2, 0.25) is 0 Å². The van der Waals surface area contributed by atoms with Crippen molar-refractivity contribution >= 4 is 35.0 Å². The van der Waals surface area contributed by atoms with Gasteiger partial charge in [0.1, 0.15) is 40.8 Å². The molecule has 16 heteroatoms. The molecule has 8 rings (SSSR count). The van der Waals surface area contributed by atoms with Gasteiger partial charge in [0.2, 0.25) is 11.8 Å². The molecule has 4 atom stereocenters. The molecule has 3 aliphatic rings. The molecule has 0 unspecified atom stereocenters. The van der Waals surface area contributed by atoms with E-state index >= 15 is 0 Å². The molecular formula is C41H46N8O8. The van der Waals surface area contributed by atoms with Crippen LogP contribution >= 0.6 is 0 Å². The second-order valence-electron chi connectivity index (χ2n) is 15.6. The lowest BCUT2D eigenvalue weighted by Gasteiger charge is -2.30. The number of methoxy groups -OCH3 is 1. The number of nitrogens with zero attached hydrogens (tertiary/aromatic N) is 4. The number of likely N-dealkylation sites (tertiary alicyclic amines) is 2. The second-order valence-corrected chi connectivity index (χ2v) is 15.6. The lowest BCUT2D eigenvalue weighted by molar-refractivity contribution is -0.136. The lowest BCUT2D eigenvalue weighted by Crippen LogP contribution is -2.51. The molecule has 16 nitrogen and oxygen atoms in total. The summed E-state index contributed by atoms with van der Waals surface area (Å²) in [6, 6.07) is 7.61. The van der Waals surface area contributed by atoms with E-state index in [1.165, 1.54) is 7.11 Å². The fourth-order valence-electron chi connectivity index (χ4n) is 8.36. The van der Waals surface area contributed by atoms with Gasteiger partial charge in [-0.3, -0.25) is 9.59 Å². The Labute approximate surface area is 328 Å². The van der Waals surface area contributed by atoms with Gasteiger partial charge in [-0.15, -0.1) is 0 Å². The number of furan rings is 1. The number of rotatable bonds is 10. The zero-order valence-corrected chi connectivity index (χ0v) is 32.4. The maximum absolute atomic E-state index is 13.7. The van der Waals surface area contributed by atoms with Crippen LogP contribution in [0.1, 0.15) is 77.1 Å². The number of carboxylic acid groups (broad SMARTS) is 1. The van der Waals surface area contributed by atoms with E-state index in [4.69, 9.17) is 18.9 Å². The van der Waals surface area contributed by atoms with Crippen LogP contribution in [0.25, 0.3) is 44.6 Å². The van der Waals surface area contributed by atoms with Gasteiger partial charge < -0.3 is 49.4 Å². The van der Waals surface area contributed by atoms with E-state index in [0.29, 0.717) is 48.2 Å². The quantitative estimate of drug-likeness (QED) is 0.0963. The van der Waals surface area contributed by atoms with E-state index in [-0.39, 0.29) is 35.7 Å². The Morgan fingerprint density at radius 3 is 2.02 bits per heavy atom. The first-order valence-corrected chi connectivity index (χ1v) is 19.3. The van der Waals surface area contributed by atoms with Gasteiger partial charge in [-0.1, -0.05) is 33.8 Å². The smallest absolute Gasteiger partial charge is 0.407 e. The number of nitrogens with one attached hydrogen (secondary N) is 4. The predicted molar refractivity (Wildman–Crippen MR) is 208 cm³/mol. The molecule has 5 aromatic rings. The molecule has 3 aliphatic heterocycles. The molecule has 0 aliphatic carbocycles. The summed E-state index contributed by atoms with van der Waals surface area (Å²) in [6.45, 7) is 8.49. The van der Waals surface area contributed by atoms with Crippen LogP contribution in [-0.4, -0.2) is 91.1 Å². The van der Waals surface area contributed by atoms with Gasteiger partial charge in [0.15, 0.2) is 0 Å². The Bertz CT molecular complexity index is 2360. The average molecular weight is 779 g/mol. The van der Waals surface area contributed by atoms with Crippen molar-refractivity contribution in [1.29, 1.82) is 0 Å². The number of hydrogen-bond donors (Lipinski definition) is 5. The largest absolute Gasteiger partial charge is 0.465 e. The van der Waals surface area contributed by atoms with Gasteiger partial charge >= 0.3 is 12.2 Å². The Hall–Kier alpha value is -6.32. The van der Waals surface area contributed by atoms with E-state index in [0.717, 1.165) is 58.3 Å². The van der Waals surface area contributed by atoms with E-state index < -0.39 is 24.3 Å². The number of carbonyl (C=O) groups excluding carboxylic acids is 3. The van der Waals surface area contributed by atoms with E-state index in [9.17, 15) is 24.3 Å². The lowest BCUT2D eigenvalue weighted by atomic mass is 9.97. The molecule has 2 fully saturated rings. The summed E-state index contributed by atoms with van der Waals surface area (Å²) in [5.41, 5.74) is 5.54. The number of imidazole rings is 2. The van der Waals surface area contributed by atoms with Gasteiger partial charge in [-0.2, -0.15) is 0 Å². The highest BCUT2D eigenvalue weighted by Crippen LogP contribution is 2.50. The van der Waals surface area contributed by atoms with E-state index in [2.05, 4.69) is 25.6 Å². The van der Waals surface area contributed by atoms with Crippen LogP contribution in [0.5, 0.6) is 11.5 Å². The molecule has 2 saturated heterocycles. The third kappa shape index (κ3) is 6.82. The van der Waals surface area contributed by atoms with Gasteiger partial charge in [-0.05, 0) is 61.8 Å². The van der Waals surface area contributed by atoms with Gasteiger partial charge in [0.25, 0.3) is 0 Å². The number of amides is 4. The van der Waals surface area contributed by atoms with Crippen LogP contribution in [-0.2, 0) is 14.3 Å². The zero-order valence-electron chi connectivity index (χ0n) is 32.4. The van der Waals surface area contributed by atoms with Crippen LogP contribution < -0.4 is 15.4 Å². The summed E-state index contributed by atoms with van der Waals surface area (Å²) in [7, 11) is 1.28. The van der Waals surface area contributed by atoms with Gasteiger partial charge in [0.05, 0.1) is 54.6 Å². The molecule has 5 N–H and O–H groups in total. The number of carbonyl (C=O) groups is 4. The summed E-state index contributed by atoms with van der Waals surface area (Å²) in [5.74, 6) is 1.83. The third-order valence-corrected chi connectivity index (χ3v) is 11.3. The highest BCUT2D eigenvalue weighted by Gasteiger charge is 2.39.